The highest BCUT2D eigenvalue weighted by atomic mass is 35.5. The third-order valence-corrected chi connectivity index (χ3v) is 3.46. The zero-order valence-electron chi connectivity index (χ0n) is 9.43. The van der Waals surface area contributed by atoms with Gasteiger partial charge in [0.1, 0.15) is 5.69 Å². The van der Waals surface area contributed by atoms with E-state index in [0.717, 1.165) is 16.5 Å². The lowest BCUT2D eigenvalue weighted by molar-refractivity contribution is 0.0520. The Kier molecular flexibility index (Phi) is 3.31. The number of carbonyl (C=O) groups is 1. The van der Waals surface area contributed by atoms with Crippen molar-refractivity contribution in [2.75, 3.05) is 6.61 Å². The number of ether oxygens (including phenoxy) is 1. The summed E-state index contributed by atoms with van der Waals surface area (Å²) in [6.45, 7) is 3.95. The number of esters is 1. The molecule has 0 fully saturated rings. The number of aryl methyl sites for hydroxylation is 1. The van der Waals surface area contributed by atoms with Gasteiger partial charge in [0, 0.05) is 10.9 Å². The standard InChI is InChI=1S/C12H11Cl2NO2/c1-3-17-12(16)9-5-7-8(15-9)4-6(2)10(13)11(7)14/h4-5,15H,3H2,1-2H3. The largest absolute Gasteiger partial charge is 0.461 e. The summed E-state index contributed by atoms with van der Waals surface area (Å²) in [6.07, 6.45) is 0. The lowest BCUT2D eigenvalue weighted by Gasteiger charge is -2.01. The molecule has 1 N–H and O–H groups in total. The second-order valence-corrected chi connectivity index (χ2v) is 4.44. The van der Waals surface area contributed by atoms with Gasteiger partial charge in [-0.25, -0.2) is 4.79 Å². The number of H-pyrrole nitrogens is 1. The van der Waals surface area contributed by atoms with Gasteiger partial charge in [-0.05, 0) is 31.5 Å². The Bertz CT molecular complexity index is 590. The Morgan fingerprint density at radius 3 is 2.71 bits per heavy atom. The average molecular weight is 272 g/mol. The first-order valence-corrected chi connectivity index (χ1v) is 5.94. The van der Waals surface area contributed by atoms with Crippen molar-refractivity contribution in [2.45, 2.75) is 13.8 Å². The zero-order valence-corrected chi connectivity index (χ0v) is 10.9. The van der Waals surface area contributed by atoms with E-state index in [9.17, 15) is 4.79 Å². The molecule has 0 aliphatic heterocycles. The maximum absolute atomic E-state index is 11.6. The fourth-order valence-corrected chi connectivity index (χ4v) is 2.12. The van der Waals surface area contributed by atoms with Crippen molar-refractivity contribution in [1.82, 2.24) is 4.98 Å². The van der Waals surface area contributed by atoms with Crippen LogP contribution >= 0.6 is 23.2 Å². The van der Waals surface area contributed by atoms with Crippen LogP contribution in [0.15, 0.2) is 12.1 Å². The number of nitrogens with one attached hydrogen (secondary N) is 1. The molecule has 90 valence electrons. The van der Waals surface area contributed by atoms with Crippen LogP contribution in [0.25, 0.3) is 10.9 Å². The molecule has 0 aliphatic carbocycles. The van der Waals surface area contributed by atoms with Crippen molar-refractivity contribution in [1.29, 1.82) is 0 Å². The van der Waals surface area contributed by atoms with E-state index in [2.05, 4.69) is 4.98 Å². The number of benzene rings is 1. The summed E-state index contributed by atoms with van der Waals surface area (Å²) in [6, 6.07) is 3.51. The summed E-state index contributed by atoms with van der Waals surface area (Å²) < 4.78 is 4.91. The van der Waals surface area contributed by atoms with Crippen LogP contribution < -0.4 is 0 Å². The molecule has 0 saturated heterocycles. The van der Waals surface area contributed by atoms with Gasteiger partial charge >= 0.3 is 5.97 Å². The second kappa shape index (κ2) is 4.59. The first kappa shape index (κ1) is 12.3. The van der Waals surface area contributed by atoms with E-state index in [-0.39, 0.29) is 0 Å². The van der Waals surface area contributed by atoms with Crippen LogP contribution in [0.3, 0.4) is 0 Å². The Morgan fingerprint density at radius 2 is 2.06 bits per heavy atom. The molecule has 0 unspecified atom stereocenters. The van der Waals surface area contributed by atoms with Gasteiger partial charge in [0.05, 0.1) is 16.7 Å². The number of hydrogen-bond acceptors (Lipinski definition) is 2. The van der Waals surface area contributed by atoms with Crippen LogP contribution in [0.5, 0.6) is 0 Å². The van der Waals surface area contributed by atoms with Gasteiger partial charge in [-0.2, -0.15) is 0 Å². The molecular weight excluding hydrogens is 261 g/mol. The van der Waals surface area contributed by atoms with Crippen LogP contribution in [0.1, 0.15) is 23.0 Å². The van der Waals surface area contributed by atoms with Crippen molar-refractivity contribution < 1.29 is 9.53 Å². The number of hydrogen-bond donors (Lipinski definition) is 1. The number of carbonyl (C=O) groups excluding carboxylic acids is 1. The van der Waals surface area contributed by atoms with Crippen LogP contribution in [-0.4, -0.2) is 17.6 Å². The van der Waals surface area contributed by atoms with E-state index in [0.29, 0.717) is 22.3 Å². The molecule has 1 heterocycles. The minimum Gasteiger partial charge on any atom is -0.461 e. The summed E-state index contributed by atoms with van der Waals surface area (Å²) in [7, 11) is 0. The SMILES string of the molecule is CCOC(=O)c1cc2c(Cl)c(Cl)c(C)cc2[nH]1. The number of fused-ring (bicyclic) bond motifs is 1. The van der Waals surface area contributed by atoms with Crippen molar-refractivity contribution in [3.8, 4) is 0 Å². The first-order valence-electron chi connectivity index (χ1n) is 5.19. The van der Waals surface area contributed by atoms with Crippen LogP contribution in [0.2, 0.25) is 10.0 Å². The molecule has 0 bridgehead atoms. The monoisotopic (exact) mass is 271 g/mol. The van der Waals surface area contributed by atoms with E-state index >= 15 is 0 Å². The van der Waals surface area contributed by atoms with E-state index in [1.165, 1.54) is 0 Å². The van der Waals surface area contributed by atoms with Crippen LogP contribution in [0, 0.1) is 6.92 Å². The third-order valence-electron chi connectivity index (χ3n) is 2.48. The topological polar surface area (TPSA) is 42.1 Å². The number of halogens is 2. The molecule has 5 heteroatoms. The predicted octanol–water partition coefficient (Wildman–Crippen LogP) is 3.96. The molecule has 0 saturated carbocycles. The summed E-state index contributed by atoms with van der Waals surface area (Å²) in [5, 5.41) is 1.69. The summed E-state index contributed by atoms with van der Waals surface area (Å²) in [5.74, 6) is -0.395. The number of aromatic nitrogens is 1. The van der Waals surface area contributed by atoms with Gasteiger partial charge < -0.3 is 9.72 Å². The minimum absolute atomic E-state index is 0.335. The van der Waals surface area contributed by atoms with Gasteiger partial charge in [0.25, 0.3) is 0 Å². The second-order valence-electron chi connectivity index (χ2n) is 3.69. The lowest BCUT2D eigenvalue weighted by Crippen LogP contribution is -2.04. The maximum Gasteiger partial charge on any atom is 0.354 e. The Labute approximate surface area is 109 Å². The van der Waals surface area contributed by atoms with E-state index in [4.69, 9.17) is 27.9 Å². The lowest BCUT2D eigenvalue weighted by atomic mass is 10.2. The predicted molar refractivity (Wildman–Crippen MR) is 69.0 cm³/mol. The average Bonchev–Trinajstić information content (AvgIpc) is 2.70. The Hall–Kier alpha value is -1.19. The van der Waals surface area contributed by atoms with Crippen molar-refractivity contribution in [3.05, 3.63) is 33.4 Å². The molecule has 2 rings (SSSR count). The third kappa shape index (κ3) is 2.13. The molecule has 1 aromatic carbocycles. The van der Waals surface area contributed by atoms with Gasteiger partial charge in [-0.1, -0.05) is 23.2 Å². The molecule has 0 atom stereocenters. The molecule has 0 spiro atoms. The number of aromatic amines is 1. The minimum atomic E-state index is -0.395. The molecule has 0 amide bonds. The summed E-state index contributed by atoms with van der Waals surface area (Å²) >= 11 is 12.2. The molecular formula is C12H11Cl2NO2. The van der Waals surface area contributed by atoms with E-state index in [1.807, 2.05) is 13.0 Å². The Balaban J connectivity index is 2.58. The smallest absolute Gasteiger partial charge is 0.354 e. The highest BCUT2D eigenvalue weighted by Gasteiger charge is 2.14. The summed E-state index contributed by atoms with van der Waals surface area (Å²) in [4.78, 5) is 14.5. The van der Waals surface area contributed by atoms with Gasteiger partial charge in [0.2, 0.25) is 0 Å². The quantitative estimate of drug-likeness (QED) is 0.841. The van der Waals surface area contributed by atoms with Gasteiger partial charge in [-0.3, -0.25) is 0 Å². The molecule has 1 aromatic heterocycles. The maximum atomic E-state index is 11.6. The number of rotatable bonds is 2. The van der Waals surface area contributed by atoms with Gasteiger partial charge in [0.15, 0.2) is 0 Å². The fourth-order valence-electron chi connectivity index (χ4n) is 1.66. The Morgan fingerprint density at radius 1 is 1.35 bits per heavy atom. The van der Waals surface area contributed by atoms with Crippen LogP contribution in [-0.2, 0) is 4.74 Å². The zero-order chi connectivity index (χ0) is 12.6. The summed E-state index contributed by atoms with van der Waals surface area (Å²) in [5.41, 5.74) is 2.02. The van der Waals surface area contributed by atoms with Crippen molar-refractivity contribution in [3.63, 3.8) is 0 Å². The molecule has 0 radical (unpaired) electrons. The molecule has 17 heavy (non-hydrogen) atoms. The fraction of sp³-hybridized carbons (Fsp3) is 0.250. The molecule has 2 aromatic rings. The van der Waals surface area contributed by atoms with Crippen molar-refractivity contribution >= 4 is 40.1 Å². The van der Waals surface area contributed by atoms with Crippen molar-refractivity contribution in [2.24, 2.45) is 0 Å². The van der Waals surface area contributed by atoms with E-state index in [1.54, 1.807) is 13.0 Å². The first-order chi connectivity index (χ1) is 8.04. The molecule has 0 aliphatic rings. The van der Waals surface area contributed by atoms with E-state index < -0.39 is 5.97 Å². The van der Waals surface area contributed by atoms with Crippen LogP contribution in [0.4, 0.5) is 0 Å². The normalized spacial score (nSPS) is 10.8. The van der Waals surface area contributed by atoms with Gasteiger partial charge in [-0.15, -0.1) is 0 Å². The highest BCUT2D eigenvalue weighted by molar-refractivity contribution is 6.45. The highest BCUT2D eigenvalue weighted by Crippen LogP contribution is 2.34. The molecule has 3 nitrogen and oxygen atoms in total.